The highest BCUT2D eigenvalue weighted by atomic mass is 32.2. The second-order valence-corrected chi connectivity index (χ2v) is 6.84. The van der Waals surface area contributed by atoms with E-state index in [9.17, 15) is 9.18 Å². The molecule has 2 aromatic rings. The van der Waals surface area contributed by atoms with Crippen LogP contribution in [0.25, 0.3) is 6.08 Å². The van der Waals surface area contributed by atoms with Gasteiger partial charge in [0.1, 0.15) is 10.1 Å². The highest BCUT2D eigenvalue weighted by Crippen LogP contribution is 2.38. The Bertz CT molecular complexity index is 789. The molecule has 0 N–H and O–H groups in total. The van der Waals surface area contributed by atoms with Gasteiger partial charge in [0.05, 0.1) is 10.9 Å². The lowest BCUT2D eigenvalue weighted by molar-refractivity contribution is -0.123. The molecule has 116 valence electrons. The van der Waals surface area contributed by atoms with Gasteiger partial charge in [0.25, 0.3) is 5.91 Å². The number of thiocarbonyl (C=S) groups is 1. The van der Waals surface area contributed by atoms with Crippen LogP contribution < -0.4 is 0 Å². The number of carbonyl (C=O) groups excluding carboxylic acids is 1. The SMILES string of the molecule is C[C@H](c1ccccc1)N1C(=O)/C(=C\c2ccccc2F)SC1=S. The zero-order valence-corrected chi connectivity index (χ0v) is 14.0. The molecular weight excluding hydrogens is 329 g/mol. The van der Waals surface area contributed by atoms with Crippen molar-refractivity contribution in [1.82, 2.24) is 4.90 Å². The average molecular weight is 343 g/mol. The monoisotopic (exact) mass is 343 g/mol. The maximum absolute atomic E-state index is 13.8. The van der Waals surface area contributed by atoms with Gasteiger partial charge in [0.15, 0.2) is 0 Å². The Balaban J connectivity index is 1.90. The minimum atomic E-state index is -0.353. The van der Waals surface area contributed by atoms with Crippen LogP contribution in [0.3, 0.4) is 0 Å². The van der Waals surface area contributed by atoms with Gasteiger partial charge in [0, 0.05) is 5.56 Å². The van der Waals surface area contributed by atoms with E-state index in [0.29, 0.717) is 14.8 Å². The molecule has 1 aliphatic heterocycles. The molecule has 0 saturated carbocycles. The summed E-state index contributed by atoms with van der Waals surface area (Å²) in [6.07, 6.45) is 1.56. The average Bonchev–Trinajstić information content (AvgIpc) is 2.84. The third-order valence-corrected chi connectivity index (χ3v) is 5.02. The lowest BCUT2D eigenvalue weighted by atomic mass is 10.1. The Morgan fingerprint density at radius 2 is 1.78 bits per heavy atom. The van der Waals surface area contributed by atoms with E-state index in [-0.39, 0.29) is 17.8 Å². The van der Waals surface area contributed by atoms with Crippen LogP contribution in [-0.2, 0) is 4.79 Å². The molecule has 0 unspecified atom stereocenters. The summed E-state index contributed by atoms with van der Waals surface area (Å²) in [7, 11) is 0. The minimum Gasteiger partial charge on any atom is -0.286 e. The summed E-state index contributed by atoms with van der Waals surface area (Å²) in [6.45, 7) is 1.94. The summed E-state index contributed by atoms with van der Waals surface area (Å²) in [5, 5.41) is 0. The standard InChI is InChI=1S/C18H14FNOS2/c1-12(13-7-3-2-4-8-13)20-17(21)16(23-18(20)22)11-14-9-5-6-10-15(14)19/h2-12H,1H3/b16-11+/t12-/m1/s1. The zero-order valence-electron chi connectivity index (χ0n) is 12.4. The lowest BCUT2D eigenvalue weighted by Gasteiger charge is -2.23. The Morgan fingerprint density at radius 1 is 1.13 bits per heavy atom. The van der Waals surface area contributed by atoms with E-state index in [1.807, 2.05) is 37.3 Å². The second kappa shape index (κ2) is 6.64. The molecule has 5 heteroatoms. The number of hydrogen-bond donors (Lipinski definition) is 0. The van der Waals surface area contributed by atoms with Crippen LogP contribution in [0, 0.1) is 5.82 Å². The Hall–Kier alpha value is -1.98. The molecule has 1 fully saturated rings. The van der Waals surface area contributed by atoms with Gasteiger partial charge in [-0.05, 0) is 24.6 Å². The van der Waals surface area contributed by atoms with Gasteiger partial charge in [-0.1, -0.05) is 72.5 Å². The molecule has 0 radical (unpaired) electrons. The van der Waals surface area contributed by atoms with Crippen molar-refractivity contribution < 1.29 is 9.18 Å². The van der Waals surface area contributed by atoms with E-state index >= 15 is 0 Å². The summed E-state index contributed by atoms with van der Waals surface area (Å²) >= 11 is 6.56. The first-order valence-corrected chi connectivity index (χ1v) is 8.37. The third kappa shape index (κ3) is 3.21. The second-order valence-electron chi connectivity index (χ2n) is 5.16. The molecule has 0 aliphatic carbocycles. The predicted octanol–water partition coefficient (Wildman–Crippen LogP) is 4.79. The number of rotatable bonds is 3. The van der Waals surface area contributed by atoms with Gasteiger partial charge < -0.3 is 0 Å². The molecule has 1 amide bonds. The fourth-order valence-electron chi connectivity index (χ4n) is 2.43. The van der Waals surface area contributed by atoms with Crippen LogP contribution in [0.2, 0.25) is 0 Å². The van der Waals surface area contributed by atoms with Crippen LogP contribution in [0.1, 0.15) is 24.1 Å². The van der Waals surface area contributed by atoms with Crippen molar-refractivity contribution in [1.29, 1.82) is 0 Å². The van der Waals surface area contributed by atoms with Gasteiger partial charge in [-0.2, -0.15) is 0 Å². The van der Waals surface area contributed by atoms with E-state index in [4.69, 9.17) is 12.2 Å². The van der Waals surface area contributed by atoms with Crippen molar-refractivity contribution in [3.8, 4) is 0 Å². The van der Waals surface area contributed by atoms with Crippen LogP contribution in [0.5, 0.6) is 0 Å². The van der Waals surface area contributed by atoms with Gasteiger partial charge in [-0.3, -0.25) is 9.69 Å². The molecular formula is C18H14FNOS2. The van der Waals surface area contributed by atoms with Gasteiger partial charge in [-0.15, -0.1) is 0 Å². The molecule has 2 aromatic carbocycles. The van der Waals surface area contributed by atoms with E-state index < -0.39 is 0 Å². The fourth-order valence-corrected chi connectivity index (χ4v) is 3.84. The normalized spacial score (nSPS) is 17.8. The maximum Gasteiger partial charge on any atom is 0.266 e. The fraction of sp³-hybridized carbons (Fsp3) is 0.111. The summed E-state index contributed by atoms with van der Waals surface area (Å²) in [6, 6.07) is 15.9. The van der Waals surface area contributed by atoms with Gasteiger partial charge in [0.2, 0.25) is 0 Å². The van der Waals surface area contributed by atoms with Crippen LogP contribution in [0.4, 0.5) is 4.39 Å². The van der Waals surface area contributed by atoms with Gasteiger partial charge >= 0.3 is 0 Å². The molecule has 3 rings (SSSR count). The summed E-state index contributed by atoms with van der Waals surface area (Å²) in [4.78, 5) is 14.7. The van der Waals surface area contributed by atoms with Crippen molar-refractivity contribution >= 4 is 40.3 Å². The van der Waals surface area contributed by atoms with E-state index in [1.54, 1.807) is 29.2 Å². The summed E-state index contributed by atoms with van der Waals surface area (Å²) in [5.41, 5.74) is 1.40. The number of benzene rings is 2. The van der Waals surface area contributed by atoms with Crippen molar-refractivity contribution in [3.05, 3.63) is 76.4 Å². The topological polar surface area (TPSA) is 20.3 Å². The van der Waals surface area contributed by atoms with Crippen molar-refractivity contribution in [2.75, 3.05) is 0 Å². The number of carbonyl (C=O) groups is 1. The molecule has 1 aliphatic rings. The minimum absolute atomic E-state index is 0.157. The van der Waals surface area contributed by atoms with Gasteiger partial charge in [-0.25, -0.2) is 4.39 Å². The molecule has 1 saturated heterocycles. The molecule has 0 aromatic heterocycles. The number of nitrogens with zero attached hydrogens (tertiary/aromatic N) is 1. The smallest absolute Gasteiger partial charge is 0.266 e. The highest BCUT2D eigenvalue weighted by molar-refractivity contribution is 8.26. The van der Waals surface area contributed by atoms with Crippen molar-refractivity contribution in [2.24, 2.45) is 0 Å². The molecule has 1 heterocycles. The van der Waals surface area contributed by atoms with Crippen LogP contribution >= 0.6 is 24.0 Å². The Kier molecular flexibility index (Phi) is 4.59. The highest BCUT2D eigenvalue weighted by Gasteiger charge is 2.35. The van der Waals surface area contributed by atoms with E-state index in [2.05, 4.69) is 0 Å². The van der Waals surface area contributed by atoms with Crippen LogP contribution in [0.15, 0.2) is 59.5 Å². The molecule has 0 bridgehead atoms. The summed E-state index contributed by atoms with van der Waals surface area (Å²) in [5.74, 6) is -0.534. The van der Waals surface area contributed by atoms with E-state index in [1.165, 1.54) is 17.8 Å². The largest absolute Gasteiger partial charge is 0.286 e. The first-order chi connectivity index (χ1) is 11.1. The number of hydrogen-bond acceptors (Lipinski definition) is 3. The Morgan fingerprint density at radius 3 is 2.48 bits per heavy atom. The molecule has 1 atom stereocenters. The van der Waals surface area contributed by atoms with Crippen LogP contribution in [-0.4, -0.2) is 15.1 Å². The Labute approximate surface area is 144 Å². The first kappa shape index (κ1) is 15.9. The number of halogens is 1. The number of amides is 1. The van der Waals surface area contributed by atoms with Crippen molar-refractivity contribution in [2.45, 2.75) is 13.0 Å². The first-order valence-electron chi connectivity index (χ1n) is 7.14. The summed E-state index contributed by atoms with van der Waals surface area (Å²) < 4.78 is 14.3. The van der Waals surface area contributed by atoms with Crippen molar-refractivity contribution in [3.63, 3.8) is 0 Å². The zero-order chi connectivity index (χ0) is 16.4. The number of thioether (sulfide) groups is 1. The maximum atomic E-state index is 13.8. The molecule has 0 spiro atoms. The van der Waals surface area contributed by atoms with E-state index in [0.717, 1.165) is 5.56 Å². The third-order valence-electron chi connectivity index (χ3n) is 3.68. The lowest BCUT2D eigenvalue weighted by Crippen LogP contribution is -2.30. The predicted molar refractivity (Wildman–Crippen MR) is 96.3 cm³/mol. The molecule has 2 nitrogen and oxygen atoms in total. The molecule has 23 heavy (non-hydrogen) atoms. The quantitative estimate of drug-likeness (QED) is 0.590.